The van der Waals surface area contributed by atoms with Gasteiger partial charge in [0.1, 0.15) is 0 Å². The van der Waals surface area contributed by atoms with Gasteiger partial charge in [0.2, 0.25) is 0 Å². The minimum absolute atomic E-state index is 0. The molecule has 0 rings (SSSR count). The SMILES string of the molecule is CCC([O-])CC.CCC([O-])CC.CCC([O-])CC.[Al+3]. The largest absolute Gasteiger partial charge is 3.00 e. The first-order chi connectivity index (χ1) is 8.42. The molecule has 0 aliphatic rings. The van der Waals surface area contributed by atoms with Crippen molar-refractivity contribution in [2.24, 2.45) is 0 Å². The molecule has 0 aliphatic heterocycles. The monoisotopic (exact) mass is 288 g/mol. The summed E-state index contributed by atoms with van der Waals surface area (Å²) < 4.78 is 0. The van der Waals surface area contributed by atoms with E-state index in [0.717, 1.165) is 38.5 Å². The van der Waals surface area contributed by atoms with Crippen molar-refractivity contribution in [2.45, 2.75) is 98.4 Å². The Morgan fingerprint density at radius 3 is 0.579 bits per heavy atom. The summed E-state index contributed by atoms with van der Waals surface area (Å²) >= 11 is 0. The molecule has 0 radical (unpaired) electrons. The third-order valence-corrected chi connectivity index (χ3v) is 2.73. The number of rotatable bonds is 6. The summed E-state index contributed by atoms with van der Waals surface area (Å²) in [6.07, 6.45) is 3.70. The Balaban J connectivity index is -0.0000000865. The second-order valence-electron chi connectivity index (χ2n) is 4.32. The summed E-state index contributed by atoms with van der Waals surface area (Å²) in [7, 11) is 0. The van der Waals surface area contributed by atoms with E-state index in [1.807, 2.05) is 41.5 Å². The molecule has 0 saturated heterocycles. The van der Waals surface area contributed by atoms with E-state index < -0.39 is 0 Å². The molecule has 19 heavy (non-hydrogen) atoms. The summed E-state index contributed by atoms with van der Waals surface area (Å²) in [6.45, 7) is 11.5. The number of hydrogen-bond acceptors (Lipinski definition) is 3. The van der Waals surface area contributed by atoms with Crippen LogP contribution < -0.4 is 15.3 Å². The van der Waals surface area contributed by atoms with Gasteiger partial charge in [0.25, 0.3) is 0 Å². The van der Waals surface area contributed by atoms with Crippen LogP contribution in [0.5, 0.6) is 0 Å². The molecule has 114 valence electrons. The predicted octanol–water partition coefficient (Wildman–Crippen LogP) is 1.23. The molecule has 0 spiro atoms. The van der Waals surface area contributed by atoms with Crippen LogP contribution in [0.15, 0.2) is 0 Å². The molecule has 0 bridgehead atoms. The van der Waals surface area contributed by atoms with E-state index >= 15 is 0 Å². The van der Waals surface area contributed by atoms with Crippen LogP contribution in [0.4, 0.5) is 0 Å². The van der Waals surface area contributed by atoms with Gasteiger partial charge in [-0.3, -0.25) is 0 Å². The van der Waals surface area contributed by atoms with Crippen molar-refractivity contribution < 1.29 is 15.3 Å². The molecule has 0 aromatic rings. The van der Waals surface area contributed by atoms with Gasteiger partial charge >= 0.3 is 17.4 Å². The summed E-state index contributed by atoms with van der Waals surface area (Å²) in [5.74, 6) is 0. The Bertz CT molecular complexity index is 98.8. The van der Waals surface area contributed by atoms with Crippen LogP contribution in [0.3, 0.4) is 0 Å². The average Bonchev–Trinajstić information content (AvgIpc) is 2.45. The van der Waals surface area contributed by atoms with Crippen molar-refractivity contribution in [3.05, 3.63) is 0 Å². The Hall–Kier alpha value is 0.412. The molecule has 0 aromatic heterocycles. The average molecular weight is 288 g/mol. The van der Waals surface area contributed by atoms with E-state index in [9.17, 15) is 15.3 Å². The molecule has 0 fully saturated rings. The predicted molar refractivity (Wildman–Crippen MR) is 78.9 cm³/mol. The fourth-order valence-corrected chi connectivity index (χ4v) is 0.866. The van der Waals surface area contributed by atoms with E-state index in [1.165, 1.54) is 0 Å². The maximum Gasteiger partial charge on any atom is 3.00 e. The maximum atomic E-state index is 10.3. The second kappa shape index (κ2) is 23.5. The fourth-order valence-electron chi connectivity index (χ4n) is 0.866. The minimum atomic E-state index is -0.315. The Morgan fingerprint density at radius 2 is 0.579 bits per heavy atom. The fraction of sp³-hybridized carbons (Fsp3) is 1.00. The van der Waals surface area contributed by atoms with Crippen molar-refractivity contribution in [1.82, 2.24) is 0 Å². The topological polar surface area (TPSA) is 69.2 Å². The quantitative estimate of drug-likeness (QED) is 0.690. The molecule has 4 heteroatoms. The van der Waals surface area contributed by atoms with Crippen LogP contribution in [-0.2, 0) is 0 Å². The molecule has 0 amide bonds. The Kier molecular flexibility index (Phi) is 34.3. The number of hydrogen-bond donors (Lipinski definition) is 0. The van der Waals surface area contributed by atoms with Crippen LogP contribution in [0.1, 0.15) is 80.1 Å². The molecule has 0 heterocycles. The van der Waals surface area contributed by atoms with Crippen molar-refractivity contribution in [3.63, 3.8) is 0 Å². The van der Waals surface area contributed by atoms with Crippen molar-refractivity contribution in [1.29, 1.82) is 0 Å². The smallest absolute Gasteiger partial charge is 0.852 e. The van der Waals surface area contributed by atoms with E-state index in [4.69, 9.17) is 0 Å². The summed E-state index contributed by atoms with van der Waals surface area (Å²) in [4.78, 5) is 0. The van der Waals surface area contributed by atoms with Crippen LogP contribution in [0, 0.1) is 0 Å². The molecule has 0 atom stereocenters. The van der Waals surface area contributed by atoms with Crippen LogP contribution in [0.2, 0.25) is 0 Å². The van der Waals surface area contributed by atoms with Gasteiger partial charge in [-0.05, 0) is 0 Å². The third-order valence-electron chi connectivity index (χ3n) is 2.73. The van der Waals surface area contributed by atoms with Crippen LogP contribution in [-0.4, -0.2) is 35.7 Å². The molecule has 0 unspecified atom stereocenters. The van der Waals surface area contributed by atoms with E-state index in [1.54, 1.807) is 0 Å². The Morgan fingerprint density at radius 1 is 0.474 bits per heavy atom. The van der Waals surface area contributed by atoms with E-state index in [-0.39, 0.29) is 35.7 Å². The van der Waals surface area contributed by atoms with Gasteiger partial charge < -0.3 is 15.3 Å². The first-order valence-electron chi connectivity index (χ1n) is 7.40. The van der Waals surface area contributed by atoms with Crippen molar-refractivity contribution >= 4 is 17.4 Å². The summed E-state index contributed by atoms with van der Waals surface area (Å²) in [5, 5.41) is 30.8. The molecule has 0 aromatic carbocycles. The van der Waals surface area contributed by atoms with Gasteiger partial charge in [0.15, 0.2) is 0 Å². The van der Waals surface area contributed by atoms with Gasteiger partial charge in [0.05, 0.1) is 0 Å². The van der Waals surface area contributed by atoms with Gasteiger partial charge in [0, 0.05) is 0 Å². The summed E-state index contributed by atoms with van der Waals surface area (Å²) in [6, 6.07) is 0. The molecule has 0 saturated carbocycles. The standard InChI is InChI=1S/3C5H11O.Al/c3*1-3-5(6)4-2;/h3*5H,3-4H2,1-2H3;/q3*-1;+3. The van der Waals surface area contributed by atoms with Crippen LogP contribution in [0.25, 0.3) is 0 Å². The molecular formula is C15H33AlO3. The normalized spacial score (nSPS) is 9.47. The molecule has 3 nitrogen and oxygen atoms in total. The Labute approximate surface area is 131 Å². The molecule has 0 N–H and O–H groups in total. The summed E-state index contributed by atoms with van der Waals surface area (Å²) in [5.41, 5.74) is 0. The van der Waals surface area contributed by atoms with Gasteiger partial charge in [-0.2, -0.15) is 0 Å². The first-order valence-corrected chi connectivity index (χ1v) is 7.40. The van der Waals surface area contributed by atoms with Gasteiger partial charge in [-0.15, -0.1) is 18.3 Å². The van der Waals surface area contributed by atoms with Gasteiger partial charge in [-0.1, -0.05) is 80.1 Å². The second-order valence-corrected chi connectivity index (χ2v) is 4.32. The zero-order valence-electron chi connectivity index (χ0n) is 13.8. The zero-order valence-corrected chi connectivity index (χ0v) is 14.9. The van der Waals surface area contributed by atoms with Gasteiger partial charge in [-0.25, -0.2) is 0 Å². The molecule has 0 aliphatic carbocycles. The van der Waals surface area contributed by atoms with E-state index in [0.29, 0.717) is 0 Å². The third kappa shape index (κ3) is 32.2. The zero-order chi connectivity index (χ0) is 15.0. The van der Waals surface area contributed by atoms with Crippen molar-refractivity contribution in [3.8, 4) is 0 Å². The minimum Gasteiger partial charge on any atom is -0.852 e. The molecular weight excluding hydrogens is 255 g/mol. The van der Waals surface area contributed by atoms with Crippen molar-refractivity contribution in [2.75, 3.05) is 0 Å². The first kappa shape index (κ1) is 27.7. The van der Waals surface area contributed by atoms with E-state index in [2.05, 4.69) is 0 Å². The maximum absolute atomic E-state index is 10.3. The van der Waals surface area contributed by atoms with Crippen LogP contribution >= 0.6 is 0 Å².